The summed E-state index contributed by atoms with van der Waals surface area (Å²) in [7, 11) is 0. The Balaban J connectivity index is 1.46. The minimum absolute atomic E-state index is 0.0290. The lowest BCUT2D eigenvalue weighted by Crippen LogP contribution is -1.99. The van der Waals surface area contributed by atoms with Gasteiger partial charge in [0.25, 0.3) is 0 Å². The van der Waals surface area contributed by atoms with Crippen LogP contribution in [0.25, 0.3) is 10.8 Å². The van der Waals surface area contributed by atoms with Crippen molar-refractivity contribution in [3.8, 4) is 5.75 Å². The number of nitrogens with zero attached hydrogens (tertiary/aromatic N) is 3. The quantitative estimate of drug-likeness (QED) is 0.191. The van der Waals surface area contributed by atoms with E-state index in [1.54, 1.807) is 12.1 Å². The molecule has 0 amide bonds. The summed E-state index contributed by atoms with van der Waals surface area (Å²) in [4.78, 5) is 14.4. The van der Waals surface area contributed by atoms with Crippen LogP contribution in [0, 0.1) is 10.1 Å². The molecule has 0 aliphatic rings. The maximum atomic E-state index is 11.0. The van der Waals surface area contributed by atoms with Gasteiger partial charge >= 0.3 is 5.69 Å². The lowest BCUT2D eigenvalue weighted by molar-refractivity contribution is -0.384. The molecule has 0 saturated carbocycles. The highest BCUT2D eigenvalue weighted by molar-refractivity contribution is 6.37. The highest BCUT2D eigenvalue weighted by atomic mass is 35.5. The summed E-state index contributed by atoms with van der Waals surface area (Å²) >= 11 is 12.7. The smallest absolute Gasteiger partial charge is 0.313 e. The fraction of sp³-hybridized carbons (Fsp3) is 0.0435. The zero-order chi connectivity index (χ0) is 22.5. The monoisotopic (exact) mass is 466 g/mol. The molecule has 0 atom stereocenters. The van der Waals surface area contributed by atoms with Crippen molar-refractivity contribution in [1.29, 1.82) is 0 Å². The van der Waals surface area contributed by atoms with Gasteiger partial charge in [-0.15, -0.1) is 0 Å². The molecular weight excluding hydrogens is 451 g/mol. The number of nitrogens with one attached hydrogen (secondary N) is 1. The van der Waals surface area contributed by atoms with E-state index in [1.807, 2.05) is 30.3 Å². The van der Waals surface area contributed by atoms with Crippen molar-refractivity contribution in [2.24, 2.45) is 5.10 Å². The van der Waals surface area contributed by atoms with Gasteiger partial charge in [0, 0.05) is 12.3 Å². The molecule has 0 aliphatic carbocycles. The minimum Gasteiger partial charge on any atom is -0.486 e. The number of hydrazone groups is 1. The van der Waals surface area contributed by atoms with Crippen LogP contribution in [0.15, 0.2) is 78.0 Å². The Morgan fingerprint density at radius 2 is 1.78 bits per heavy atom. The summed E-state index contributed by atoms with van der Waals surface area (Å²) in [6.45, 7) is 0.308. The first-order valence-electron chi connectivity index (χ1n) is 9.49. The molecule has 7 nitrogen and oxygen atoms in total. The number of nitro groups is 1. The topological polar surface area (TPSA) is 89.7 Å². The number of rotatable bonds is 7. The molecule has 160 valence electrons. The number of hydrogen-bond donors (Lipinski definition) is 1. The third-order valence-electron chi connectivity index (χ3n) is 4.58. The lowest BCUT2D eigenvalue weighted by atomic mass is 10.1. The van der Waals surface area contributed by atoms with Crippen molar-refractivity contribution in [3.05, 3.63) is 104 Å². The molecule has 4 aromatic rings. The predicted molar refractivity (Wildman–Crippen MR) is 127 cm³/mol. The summed E-state index contributed by atoms with van der Waals surface area (Å²) < 4.78 is 5.86. The van der Waals surface area contributed by atoms with Crippen LogP contribution in [0.5, 0.6) is 5.75 Å². The number of aromatic nitrogens is 1. The van der Waals surface area contributed by atoms with E-state index in [1.165, 1.54) is 24.5 Å². The van der Waals surface area contributed by atoms with Crippen LogP contribution in [0.2, 0.25) is 10.0 Å². The van der Waals surface area contributed by atoms with E-state index in [9.17, 15) is 10.1 Å². The Bertz CT molecular complexity index is 1300. The van der Waals surface area contributed by atoms with Gasteiger partial charge < -0.3 is 4.74 Å². The van der Waals surface area contributed by atoms with Crippen LogP contribution in [-0.2, 0) is 6.61 Å². The SMILES string of the molecule is O=[N+]([O-])c1cccnc1N/N=C\c1cc(Cl)c(OCc2ccc3ccccc3c2)c(Cl)c1. The first-order valence-corrected chi connectivity index (χ1v) is 10.2. The highest BCUT2D eigenvalue weighted by Gasteiger charge is 2.13. The molecule has 0 fully saturated rings. The molecular formula is C23H16Cl2N4O3. The van der Waals surface area contributed by atoms with Gasteiger partial charge in [-0.05, 0) is 46.2 Å². The lowest BCUT2D eigenvalue weighted by Gasteiger charge is -2.11. The first kappa shape index (κ1) is 21.5. The van der Waals surface area contributed by atoms with Gasteiger partial charge in [0.2, 0.25) is 5.82 Å². The summed E-state index contributed by atoms with van der Waals surface area (Å²) in [5.41, 5.74) is 3.95. The molecule has 0 saturated heterocycles. The number of pyridine rings is 1. The molecule has 1 N–H and O–H groups in total. The van der Waals surface area contributed by atoms with Crippen LogP contribution in [0.1, 0.15) is 11.1 Å². The summed E-state index contributed by atoms with van der Waals surface area (Å²) in [6, 6.07) is 20.3. The maximum absolute atomic E-state index is 11.0. The number of ether oxygens (including phenoxy) is 1. The van der Waals surface area contributed by atoms with Crippen molar-refractivity contribution in [2.75, 3.05) is 5.43 Å². The molecule has 4 rings (SSSR count). The zero-order valence-electron chi connectivity index (χ0n) is 16.5. The maximum Gasteiger partial charge on any atom is 0.313 e. The average Bonchev–Trinajstić information content (AvgIpc) is 2.78. The van der Waals surface area contributed by atoms with Gasteiger partial charge in [-0.25, -0.2) is 4.98 Å². The van der Waals surface area contributed by atoms with Crippen molar-refractivity contribution >= 4 is 51.7 Å². The first-order chi connectivity index (χ1) is 15.5. The number of anilines is 1. The second kappa shape index (κ2) is 9.64. The van der Waals surface area contributed by atoms with Crippen LogP contribution < -0.4 is 10.2 Å². The van der Waals surface area contributed by atoms with Crippen LogP contribution >= 0.6 is 23.2 Å². The molecule has 0 bridgehead atoms. The second-order valence-corrected chi connectivity index (χ2v) is 7.60. The third kappa shape index (κ3) is 4.96. The normalized spacial score (nSPS) is 11.1. The molecule has 32 heavy (non-hydrogen) atoms. The van der Waals surface area contributed by atoms with E-state index in [-0.39, 0.29) is 11.5 Å². The van der Waals surface area contributed by atoms with Crippen LogP contribution in [0.4, 0.5) is 11.5 Å². The van der Waals surface area contributed by atoms with E-state index in [0.29, 0.717) is 28.0 Å². The zero-order valence-corrected chi connectivity index (χ0v) is 18.0. The molecule has 0 spiro atoms. The Morgan fingerprint density at radius 3 is 2.53 bits per heavy atom. The Kier molecular flexibility index (Phi) is 6.49. The third-order valence-corrected chi connectivity index (χ3v) is 5.15. The van der Waals surface area contributed by atoms with Crippen LogP contribution in [0.3, 0.4) is 0 Å². The van der Waals surface area contributed by atoms with Gasteiger partial charge in [0.1, 0.15) is 6.61 Å². The van der Waals surface area contributed by atoms with Crippen molar-refractivity contribution < 1.29 is 9.66 Å². The van der Waals surface area contributed by atoms with Gasteiger partial charge in [-0.3, -0.25) is 15.5 Å². The second-order valence-electron chi connectivity index (χ2n) is 6.78. The van der Waals surface area contributed by atoms with E-state index in [0.717, 1.165) is 16.3 Å². The van der Waals surface area contributed by atoms with Gasteiger partial charge in [0.05, 0.1) is 21.2 Å². The molecule has 0 aliphatic heterocycles. The number of fused-ring (bicyclic) bond motifs is 1. The molecule has 9 heteroatoms. The van der Waals surface area contributed by atoms with E-state index >= 15 is 0 Å². The van der Waals surface area contributed by atoms with Gasteiger partial charge in [-0.1, -0.05) is 59.6 Å². The Morgan fingerprint density at radius 1 is 1.03 bits per heavy atom. The fourth-order valence-corrected chi connectivity index (χ4v) is 3.69. The number of halogens is 2. The molecule has 0 unspecified atom stereocenters. The largest absolute Gasteiger partial charge is 0.486 e. The van der Waals surface area contributed by atoms with E-state index < -0.39 is 4.92 Å². The molecule has 3 aromatic carbocycles. The highest BCUT2D eigenvalue weighted by Crippen LogP contribution is 2.34. The predicted octanol–water partition coefficient (Wildman–Crippen LogP) is 6.47. The summed E-state index contributed by atoms with van der Waals surface area (Å²) in [5, 5.41) is 17.9. The van der Waals surface area contributed by atoms with Crippen molar-refractivity contribution in [1.82, 2.24) is 4.98 Å². The number of benzene rings is 3. The fourth-order valence-electron chi connectivity index (χ4n) is 3.07. The van der Waals surface area contributed by atoms with E-state index in [2.05, 4.69) is 27.6 Å². The minimum atomic E-state index is -0.541. The molecule has 1 heterocycles. The molecule has 1 aromatic heterocycles. The standard InChI is InChI=1S/C23H16Cl2N4O3/c24-19-11-16(13-27-28-23-21(29(30)31)6-3-9-26-23)12-20(25)22(19)32-14-15-7-8-17-4-1-2-5-18(17)10-15/h1-13H,14H2,(H,26,28)/b27-13-. The summed E-state index contributed by atoms with van der Waals surface area (Å²) in [5.74, 6) is 0.397. The summed E-state index contributed by atoms with van der Waals surface area (Å²) in [6.07, 6.45) is 2.86. The van der Waals surface area contributed by atoms with Gasteiger partial charge in [-0.2, -0.15) is 5.10 Å². The van der Waals surface area contributed by atoms with Crippen LogP contribution in [-0.4, -0.2) is 16.1 Å². The Labute approximate surface area is 193 Å². The Hall–Kier alpha value is -3.68. The van der Waals surface area contributed by atoms with Gasteiger partial charge in [0.15, 0.2) is 5.75 Å². The average molecular weight is 467 g/mol. The number of hydrogen-bond acceptors (Lipinski definition) is 6. The van der Waals surface area contributed by atoms with Crippen molar-refractivity contribution in [2.45, 2.75) is 6.61 Å². The van der Waals surface area contributed by atoms with Crippen molar-refractivity contribution in [3.63, 3.8) is 0 Å². The molecule has 0 radical (unpaired) electrons. The van der Waals surface area contributed by atoms with E-state index in [4.69, 9.17) is 27.9 Å².